The fourth-order valence-corrected chi connectivity index (χ4v) is 8.80. The zero-order valence-corrected chi connectivity index (χ0v) is 14.0. The summed E-state index contributed by atoms with van der Waals surface area (Å²) in [5.74, 6) is 0. The summed E-state index contributed by atoms with van der Waals surface area (Å²) >= 11 is 0. The molecule has 0 rings (SSSR count). The van der Waals surface area contributed by atoms with E-state index in [4.69, 9.17) is 0 Å². The molecule has 0 saturated carbocycles. The summed E-state index contributed by atoms with van der Waals surface area (Å²) in [6, 6.07) is 0. The van der Waals surface area contributed by atoms with Gasteiger partial charge in [0, 0.05) is 42.3 Å². The van der Waals surface area contributed by atoms with Crippen molar-refractivity contribution < 1.29 is 25.3 Å². The molecule has 0 aliphatic rings. The van der Waals surface area contributed by atoms with E-state index in [9.17, 15) is 25.3 Å². The van der Waals surface area contributed by atoms with E-state index in [1.807, 2.05) is 0 Å². The van der Waals surface area contributed by atoms with E-state index in [-0.39, 0.29) is 0 Å². The van der Waals surface area contributed by atoms with Crippen molar-refractivity contribution in [2.24, 2.45) is 0 Å². The fraction of sp³-hybridized carbons (Fsp3) is 1.00. The van der Waals surface area contributed by atoms with E-state index in [0.717, 1.165) is 42.3 Å². The third-order valence-electron chi connectivity index (χ3n) is 2.26. The van der Waals surface area contributed by atoms with Crippen molar-refractivity contribution in [2.75, 3.05) is 42.3 Å². The van der Waals surface area contributed by atoms with E-state index in [2.05, 4.69) is 0 Å². The van der Waals surface area contributed by atoms with Crippen molar-refractivity contribution in [1.82, 2.24) is 12.9 Å². The molecule has 0 amide bonds. The van der Waals surface area contributed by atoms with Crippen LogP contribution in [0.3, 0.4) is 0 Å². The van der Waals surface area contributed by atoms with Gasteiger partial charge in [-0.3, -0.25) is 0 Å². The van der Waals surface area contributed by atoms with Gasteiger partial charge in [0.25, 0.3) is 0 Å². The first-order chi connectivity index (χ1) is 8.20. The Kier molecular flexibility index (Phi) is 5.53. The minimum atomic E-state index is -4.57. The van der Waals surface area contributed by atoms with Crippen LogP contribution in [0.25, 0.3) is 0 Å². The molecule has 0 radical (unpaired) electrons. The summed E-state index contributed by atoms with van der Waals surface area (Å²) < 4.78 is 71.4. The van der Waals surface area contributed by atoms with Crippen LogP contribution in [0.2, 0.25) is 0 Å². The minimum Gasteiger partial charge on any atom is -0.210 e. The Morgan fingerprint density at radius 2 is 0.684 bits per heavy atom. The van der Waals surface area contributed by atoms with Gasteiger partial charge in [0.05, 0.1) is 0 Å². The quantitative estimate of drug-likeness (QED) is 0.551. The van der Waals surface area contributed by atoms with E-state index in [1.165, 1.54) is 0 Å². The number of hydrogen-bond donors (Lipinski definition) is 0. The summed E-state index contributed by atoms with van der Waals surface area (Å²) in [6.45, 7) is 0. The number of hydrogen-bond acceptors (Lipinski definition) is 6. The maximum Gasteiger partial charge on any atom is 0.304 e. The van der Waals surface area contributed by atoms with Crippen LogP contribution in [0, 0.1) is 0 Å². The van der Waals surface area contributed by atoms with Gasteiger partial charge in [-0.2, -0.15) is 0 Å². The normalized spacial score (nSPS) is 14.8. The molecular formula is C7H19N3O6S3. The highest BCUT2D eigenvalue weighted by atomic mass is 32.3. The Morgan fingerprint density at radius 1 is 0.526 bits per heavy atom. The maximum atomic E-state index is 12.0. The third kappa shape index (κ3) is 3.44. The average Bonchev–Trinajstić information content (AvgIpc) is 2.14. The first-order valence-corrected chi connectivity index (χ1v) is 9.45. The Bertz CT molecular complexity index is 527. The van der Waals surface area contributed by atoms with Crippen molar-refractivity contribution in [1.29, 1.82) is 0 Å². The number of nitrogens with zero attached hydrogens (tertiary/aromatic N) is 3. The first kappa shape index (κ1) is 18.7. The first-order valence-electron chi connectivity index (χ1n) is 4.94. The topological polar surface area (TPSA) is 112 Å². The molecule has 116 valence electrons. The fourth-order valence-electron chi connectivity index (χ4n) is 0.977. The van der Waals surface area contributed by atoms with E-state index < -0.39 is 34.0 Å². The molecular weight excluding hydrogens is 318 g/mol. The number of rotatable bonds is 6. The van der Waals surface area contributed by atoms with Crippen LogP contribution in [0.4, 0.5) is 0 Å². The monoisotopic (exact) mass is 337 g/mol. The number of sulfonamides is 3. The molecule has 0 aliphatic carbocycles. The molecule has 0 atom stereocenters. The van der Waals surface area contributed by atoms with Gasteiger partial charge in [-0.1, -0.05) is 0 Å². The second-order valence-electron chi connectivity index (χ2n) is 4.27. The van der Waals surface area contributed by atoms with Crippen LogP contribution >= 0.6 is 0 Å². The predicted molar refractivity (Wildman–Crippen MR) is 71.6 cm³/mol. The highest BCUT2D eigenvalue weighted by molar-refractivity contribution is 8.22. The van der Waals surface area contributed by atoms with Gasteiger partial charge in [-0.15, -0.1) is 0 Å². The molecule has 0 aromatic heterocycles. The molecule has 12 heteroatoms. The largest absolute Gasteiger partial charge is 0.304 e. The molecule has 9 nitrogen and oxygen atoms in total. The Morgan fingerprint density at radius 3 is 0.789 bits per heavy atom. The lowest BCUT2D eigenvalue weighted by Gasteiger charge is -2.26. The molecule has 0 heterocycles. The second-order valence-corrected chi connectivity index (χ2v) is 11.9. The lowest BCUT2D eigenvalue weighted by molar-refractivity contribution is 0.489. The highest BCUT2D eigenvalue weighted by Gasteiger charge is 2.51. The lowest BCUT2D eigenvalue weighted by atomic mass is 11.3. The van der Waals surface area contributed by atoms with Gasteiger partial charge in [-0.05, 0) is 0 Å². The maximum absolute atomic E-state index is 12.0. The van der Waals surface area contributed by atoms with Crippen LogP contribution in [0.1, 0.15) is 0 Å². The van der Waals surface area contributed by atoms with Gasteiger partial charge in [0.1, 0.15) is 0 Å². The van der Waals surface area contributed by atoms with Crippen LogP contribution in [0.5, 0.6) is 0 Å². The predicted octanol–water partition coefficient (Wildman–Crippen LogP) is -2.06. The molecule has 0 aromatic carbocycles. The van der Waals surface area contributed by atoms with Crippen LogP contribution < -0.4 is 0 Å². The van der Waals surface area contributed by atoms with E-state index >= 15 is 0 Å². The third-order valence-corrected chi connectivity index (χ3v) is 11.1. The molecule has 0 unspecified atom stereocenters. The van der Waals surface area contributed by atoms with Gasteiger partial charge >= 0.3 is 3.91 Å². The van der Waals surface area contributed by atoms with Crippen molar-refractivity contribution >= 4 is 30.1 Å². The second kappa shape index (κ2) is 5.61. The van der Waals surface area contributed by atoms with Crippen LogP contribution in [0.15, 0.2) is 0 Å². The van der Waals surface area contributed by atoms with Crippen molar-refractivity contribution in [2.45, 2.75) is 3.91 Å². The zero-order valence-electron chi connectivity index (χ0n) is 11.6. The van der Waals surface area contributed by atoms with E-state index in [0.29, 0.717) is 12.9 Å². The molecule has 0 aliphatic heterocycles. The summed E-state index contributed by atoms with van der Waals surface area (Å²) in [5.41, 5.74) is 0. The highest BCUT2D eigenvalue weighted by Crippen LogP contribution is 2.22. The minimum absolute atomic E-state index is 0.569. The summed E-state index contributed by atoms with van der Waals surface area (Å²) in [4.78, 5) is 0. The summed E-state index contributed by atoms with van der Waals surface area (Å²) in [7, 11) is -7.30. The Labute approximate surface area is 114 Å². The summed E-state index contributed by atoms with van der Waals surface area (Å²) in [5, 5.41) is 0. The van der Waals surface area contributed by atoms with Gasteiger partial charge < -0.3 is 0 Å². The molecule has 0 aromatic rings. The summed E-state index contributed by atoms with van der Waals surface area (Å²) in [6.07, 6.45) is 0. The standard InChI is InChI=1S/C7H19N3O6S3/c1-8(2)17(11,12)7(18(13,14)9(3)4)19(15,16)10(5)6/h7H,1-6H3. The van der Waals surface area contributed by atoms with Crippen LogP contribution in [-0.2, 0) is 30.1 Å². The van der Waals surface area contributed by atoms with Gasteiger partial charge in [0.15, 0.2) is 0 Å². The molecule has 0 spiro atoms. The SMILES string of the molecule is CN(C)S(=O)(=O)C(S(=O)(=O)N(C)C)S(=O)(=O)N(C)C. The average molecular weight is 337 g/mol. The molecule has 0 saturated heterocycles. The van der Waals surface area contributed by atoms with Crippen molar-refractivity contribution in [3.05, 3.63) is 0 Å². The van der Waals surface area contributed by atoms with Gasteiger partial charge in [0.2, 0.25) is 30.1 Å². The lowest BCUT2D eigenvalue weighted by Crippen LogP contribution is -2.51. The van der Waals surface area contributed by atoms with Crippen molar-refractivity contribution in [3.8, 4) is 0 Å². The molecule has 0 N–H and O–H groups in total. The molecule has 19 heavy (non-hydrogen) atoms. The Balaban J connectivity index is 6.46. The van der Waals surface area contributed by atoms with Crippen LogP contribution in [-0.4, -0.2) is 84.4 Å². The van der Waals surface area contributed by atoms with Gasteiger partial charge in [-0.25, -0.2) is 38.2 Å². The van der Waals surface area contributed by atoms with Crippen molar-refractivity contribution in [3.63, 3.8) is 0 Å². The smallest absolute Gasteiger partial charge is 0.210 e. The molecule has 0 bridgehead atoms. The Hall–Kier alpha value is -0.270. The zero-order chi connectivity index (χ0) is 15.8. The van der Waals surface area contributed by atoms with E-state index in [1.54, 1.807) is 0 Å². The molecule has 0 fully saturated rings.